The van der Waals surface area contributed by atoms with Crippen molar-refractivity contribution in [2.75, 3.05) is 0 Å². The second kappa shape index (κ2) is 5.80. The molecular formula is C15H20N2OS. The summed E-state index contributed by atoms with van der Waals surface area (Å²) in [5, 5.41) is 11.3. The minimum atomic E-state index is -0.732. The van der Waals surface area contributed by atoms with Gasteiger partial charge in [0, 0.05) is 17.3 Å². The third-order valence-electron chi connectivity index (χ3n) is 3.29. The first-order valence-electron chi connectivity index (χ1n) is 6.72. The van der Waals surface area contributed by atoms with E-state index in [1.54, 1.807) is 0 Å². The zero-order valence-corrected chi connectivity index (χ0v) is 12.3. The number of fused-ring (bicyclic) bond motifs is 1. The van der Waals surface area contributed by atoms with E-state index in [1.807, 2.05) is 31.2 Å². The summed E-state index contributed by atoms with van der Waals surface area (Å²) in [6.45, 7) is 3.98. The van der Waals surface area contributed by atoms with Crippen molar-refractivity contribution in [1.82, 2.24) is 9.97 Å². The maximum absolute atomic E-state index is 10.4. The number of hydrogen-bond donors (Lipinski definition) is 2. The van der Waals surface area contributed by atoms with Gasteiger partial charge in [0.05, 0.1) is 5.60 Å². The number of benzene rings is 1. The average molecular weight is 276 g/mol. The Kier molecular flexibility index (Phi) is 4.32. The fraction of sp³-hybridized carbons (Fsp3) is 0.467. The predicted molar refractivity (Wildman–Crippen MR) is 80.8 cm³/mol. The van der Waals surface area contributed by atoms with Crippen LogP contribution in [-0.2, 0) is 6.42 Å². The van der Waals surface area contributed by atoms with E-state index >= 15 is 0 Å². The van der Waals surface area contributed by atoms with Crippen LogP contribution in [-0.4, -0.2) is 20.7 Å². The van der Waals surface area contributed by atoms with Crippen molar-refractivity contribution in [3.8, 4) is 0 Å². The van der Waals surface area contributed by atoms with E-state index in [4.69, 9.17) is 12.2 Å². The smallest absolute Gasteiger partial charge is 0.137 e. The molecule has 1 heterocycles. The molecule has 0 saturated carbocycles. The van der Waals surface area contributed by atoms with Crippen molar-refractivity contribution in [2.45, 2.75) is 45.1 Å². The van der Waals surface area contributed by atoms with Crippen LogP contribution in [0.4, 0.5) is 0 Å². The highest BCUT2D eigenvalue weighted by atomic mass is 32.1. The van der Waals surface area contributed by atoms with Crippen molar-refractivity contribution in [2.24, 2.45) is 0 Å². The Bertz CT molecular complexity index is 619. The Balaban J connectivity index is 2.29. The van der Waals surface area contributed by atoms with E-state index in [0.717, 1.165) is 36.0 Å². The second-order valence-electron chi connectivity index (χ2n) is 5.31. The first-order chi connectivity index (χ1) is 9.02. The molecule has 0 bridgehead atoms. The van der Waals surface area contributed by atoms with Crippen molar-refractivity contribution < 1.29 is 5.11 Å². The molecular weight excluding hydrogens is 256 g/mol. The van der Waals surface area contributed by atoms with Gasteiger partial charge in [-0.1, -0.05) is 44.1 Å². The number of nitrogens with one attached hydrogen (secondary N) is 1. The number of rotatable bonds is 5. The Labute approximate surface area is 118 Å². The molecule has 1 unspecified atom stereocenters. The number of aromatic amines is 1. The summed E-state index contributed by atoms with van der Waals surface area (Å²) in [6, 6.07) is 7.86. The summed E-state index contributed by atoms with van der Waals surface area (Å²) in [5.74, 6) is 0.754. The lowest BCUT2D eigenvalue weighted by molar-refractivity contribution is 0.0470. The summed E-state index contributed by atoms with van der Waals surface area (Å²) < 4.78 is 0.593. The maximum Gasteiger partial charge on any atom is 0.137 e. The lowest BCUT2D eigenvalue weighted by atomic mass is 9.95. The van der Waals surface area contributed by atoms with Crippen LogP contribution in [0.3, 0.4) is 0 Å². The van der Waals surface area contributed by atoms with Crippen molar-refractivity contribution in [3.05, 3.63) is 34.7 Å². The van der Waals surface area contributed by atoms with Crippen LogP contribution in [0.1, 0.15) is 38.9 Å². The molecule has 19 heavy (non-hydrogen) atoms. The predicted octanol–water partition coefficient (Wildman–Crippen LogP) is 3.78. The minimum absolute atomic E-state index is 0.501. The Morgan fingerprint density at radius 3 is 2.84 bits per heavy atom. The average Bonchev–Trinajstić information content (AvgIpc) is 2.36. The highest BCUT2D eigenvalue weighted by Gasteiger charge is 2.21. The largest absolute Gasteiger partial charge is 0.390 e. The molecule has 1 aromatic heterocycles. The first kappa shape index (κ1) is 14.2. The van der Waals surface area contributed by atoms with Gasteiger partial charge in [0.25, 0.3) is 0 Å². The highest BCUT2D eigenvalue weighted by molar-refractivity contribution is 7.71. The summed E-state index contributed by atoms with van der Waals surface area (Å²) in [6.07, 6.45) is 3.37. The van der Waals surface area contributed by atoms with E-state index in [9.17, 15) is 5.11 Å². The Morgan fingerprint density at radius 1 is 1.37 bits per heavy atom. The summed E-state index contributed by atoms with van der Waals surface area (Å²) >= 11 is 5.31. The molecule has 1 atom stereocenters. The van der Waals surface area contributed by atoms with Gasteiger partial charge in [0.15, 0.2) is 0 Å². The number of aliphatic hydroxyl groups is 1. The van der Waals surface area contributed by atoms with Crippen LogP contribution < -0.4 is 0 Å². The van der Waals surface area contributed by atoms with Gasteiger partial charge in [-0.3, -0.25) is 0 Å². The monoisotopic (exact) mass is 276 g/mol. The van der Waals surface area contributed by atoms with Crippen molar-refractivity contribution >= 4 is 23.1 Å². The lowest BCUT2D eigenvalue weighted by Crippen LogP contribution is -2.28. The molecule has 0 aliphatic carbocycles. The summed E-state index contributed by atoms with van der Waals surface area (Å²) in [7, 11) is 0. The van der Waals surface area contributed by atoms with Gasteiger partial charge in [-0.2, -0.15) is 0 Å². The zero-order valence-electron chi connectivity index (χ0n) is 11.4. The second-order valence-corrected chi connectivity index (χ2v) is 5.70. The van der Waals surface area contributed by atoms with Gasteiger partial charge in [-0.25, -0.2) is 4.98 Å². The molecule has 2 N–H and O–H groups in total. The Hall–Kier alpha value is -1.26. The van der Waals surface area contributed by atoms with Gasteiger partial charge < -0.3 is 10.1 Å². The number of para-hydroxylation sites is 1. The van der Waals surface area contributed by atoms with E-state index in [2.05, 4.69) is 16.9 Å². The number of nitrogens with zero attached hydrogens (tertiary/aromatic N) is 1. The molecule has 2 rings (SSSR count). The first-order valence-corrected chi connectivity index (χ1v) is 7.13. The molecule has 4 heteroatoms. The maximum atomic E-state index is 10.4. The fourth-order valence-electron chi connectivity index (χ4n) is 2.24. The van der Waals surface area contributed by atoms with Crippen LogP contribution in [0, 0.1) is 4.64 Å². The molecule has 1 aromatic carbocycles. The van der Waals surface area contributed by atoms with Crippen LogP contribution in [0.25, 0.3) is 10.9 Å². The number of aromatic nitrogens is 2. The number of hydrogen-bond acceptors (Lipinski definition) is 3. The van der Waals surface area contributed by atoms with Crippen LogP contribution in [0.2, 0.25) is 0 Å². The van der Waals surface area contributed by atoms with Crippen LogP contribution in [0.5, 0.6) is 0 Å². The normalized spacial score (nSPS) is 14.5. The summed E-state index contributed by atoms with van der Waals surface area (Å²) in [4.78, 5) is 7.66. The number of H-pyrrole nitrogens is 1. The third-order valence-corrected chi connectivity index (χ3v) is 3.60. The molecule has 0 amide bonds. The van der Waals surface area contributed by atoms with Gasteiger partial charge in [-0.15, -0.1) is 0 Å². The molecule has 3 nitrogen and oxygen atoms in total. The molecule has 0 spiro atoms. The van der Waals surface area contributed by atoms with Gasteiger partial charge in [-0.05, 0) is 25.5 Å². The van der Waals surface area contributed by atoms with E-state index in [-0.39, 0.29) is 0 Å². The van der Waals surface area contributed by atoms with Gasteiger partial charge in [0.2, 0.25) is 0 Å². The molecule has 0 radical (unpaired) electrons. The van der Waals surface area contributed by atoms with Gasteiger partial charge in [0.1, 0.15) is 10.5 Å². The zero-order chi connectivity index (χ0) is 13.9. The van der Waals surface area contributed by atoms with Crippen molar-refractivity contribution in [3.63, 3.8) is 0 Å². The molecule has 0 fully saturated rings. The molecule has 0 aliphatic rings. The minimum Gasteiger partial charge on any atom is -0.390 e. The fourth-order valence-corrected chi connectivity index (χ4v) is 2.52. The van der Waals surface area contributed by atoms with Crippen LogP contribution in [0.15, 0.2) is 24.3 Å². The van der Waals surface area contributed by atoms with Crippen LogP contribution >= 0.6 is 12.2 Å². The molecule has 0 aliphatic heterocycles. The topological polar surface area (TPSA) is 48.9 Å². The number of unbranched alkanes of at least 4 members (excludes halogenated alkanes) is 1. The van der Waals surface area contributed by atoms with Crippen molar-refractivity contribution in [1.29, 1.82) is 0 Å². The summed E-state index contributed by atoms with van der Waals surface area (Å²) in [5.41, 5.74) is 0.243. The highest BCUT2D eigenvalue weighted by Crippen LogP contribution is 2.19. The molecule has 2 aromatic rings. The van der Waals surface area contributed by atoms with E-state index in [1.165, 1.54) is 0 Å². The van der Waals surface area contributed by atoms with E-state index in [0.29, 0.717) is 11.1 Å². The Morgan fingerprint density at radius 2 is 2.11 bits per heavy atom. The lowest BCUT2D eigenvalue weighted by Gasteiger charge is -2.22. The molecule has 102 valence electrons. The van der Waals surface area contributed by atoms with Gasteiger partial charge >= 0.3 is 0 Å². The third kappa shape index (κ3) is 3.61. The SMILES string of the molecule is CCCCC(C)(O)Cc1nc(=S)c2ccccc2[nH]1. The standard InChI is InChI=1S/C15H20N2OS/c1-3-4-9-15(2,18)10-13-16-12-8-6-5-7-11(12)14(19)17-13/h5-8,18H,3-4,9-10H2,1-2H3,(H,16,17,19). The quantitative estimate of drug-likeness (QED) is 0.817. The molecule has 0 saturated heterocycles. The van der Waals surface area contributed by atoms with E-state index < -0.39 is 5.60 Å².